The van der Waals surface area contributed by atoms with Gasteiger partial charge in [0.2, 0.25) is 0 Å². The molecule has 0 unspecified atom stereocenters. The summed E-state index contributed by atoms with van der Waals surface area (Å²) in [5.41, 5.74) is 2.87. The molecule has 7 nitrogen and oxygen atoms in total. The average molecular weight is 513 g/mol. The van der Waals surface area contributed by atoms with Gasteiger partial charge in [0.05, 0.1) is 5.52 Å². The van der Waals surface area contributed by atoms with Crippen molar-refractivity contribution in [1.82, 2.24) is 14.8 Å². The van der Waals surface area contributed by atoms with Gasteiger partial charge in [0.1, 0.15) is 4.90 Å². The van der Waals surface area contributed by atoms with E-state index in [9.17, 15) is 13.2 Å². The number of nitrogens with one attached hydrogen (secondary N) is 1. The monoisotopic (exact) mass is 512 g/mol. The second-order valence-electron chi connectivity index (χ2n) is 9.69. The van der Waals surface area contributed by atoms with Crippen molar-refractivity contribution in [3.8, 4) is 0 Å². The predicted molar refractivity (Wildman–Crippen MR) is 144 cm³/mol. The van der Waals surface area contributed by atoms with E-state index in [1.165, 1.54) is 5.56 Å². The minimum atomic E-state index is -3.84. The highest BCUT2D eigenvalue weighted by molar-refractivity contribution is 7.93. The number of carbonyl (C=O) groups is 1. The molecule has 0 atom stereocenters. The van der Waals surface area contributed by atoms with Crippen molar-refractivity contribution in [3.63, 3.8) is 0 Å². The Morgan fingerprint density at radius 2 is 1.51 bits per heavy atom. The maximum Gasteiger partial charge on any atom is 0.264 e. The lowest BCUT2D eigenvalue weighted by atomic mass is 10.0. The Hall–Kier alpha value is -3.75. The normalized spacial score (nSPS) is 17.5. The summed E-state index contributed by atoms with van der Waals surface area (Å²) in [6.45, 7) is 3.04. The van der Waals surface area contributed by atoms with Crippen LogP contribution in [0.5, 0.6) is 0 Å². The first-order valence-electron chi connectivity index (χ1n) is 12.5. The molecule has 37 heavy (non-hydrogen) atoms. The zero-order valence-corrected chi connectivity index (χ0v) is 21.2. The van der Waals surface area contributed by atoms with Crippen molar-refractivity contribution in [1.29, 1.82) is 0 Å². The van der Waals surface area contributed by atoms with Crippen LogP contribution in [0.1, 0.15) is 28.8 Å². The van der Waals surface area contributed by atoms with Gasteiger partial charge in [-0.2, -0.15) is 0 Å². The molecule has 1 N–H and O–H groups in total. The molecule has 0 bridgehead atoms. The molecule has 2 fully saturated rings. The number of carbonyl (C=O) groups excluding carboxylic acids is 1. The SMILES string of the molecule is O=C(c1ccc(NS(=O)(=O)c2cccc3cccnc23)cc1)N1CCN(C2(c3ccccc3)CC2)CC1. The van der Waals surface area contributed by atoms with Crippen molar-refractivity contribution in [3.05, 3.63) is 102 Å². The third-order valence-electron chi connectivity index (χ3n) is 7.48. The molecule has 1 aromatic heterocycles. The van der Waals surface area contributed by atoms with Gasteiger partial charge in [-0.3, -0.25) is 19.4 Å². The van der Waals surface area contributed by atoms with Gasteiger partial charge in [0.15, 0.2) is 0 Å². The number of para-hydroxylation sites is 1. The standard InChI is InChI=1S/C29H28N4O3S/c34-28(32-18-20-33(21-19-32)29(15-16-29)24-8-2-1-3-9-24)23-11-13-25(14-12-23)31-37(35,36)26-10-4-6-22-7-5-17-30-27(22)26/h1-14,17,31H,15-16,18-21H2. The van der Waals surface area contributed by atoms with Crippen LogP contribution in [-0.4, -0.2) is 55.3 Å². The van der Waals surface area contributed by atoms with E-state index in [4.69, 9.17) is 0 Å². The van der Waals surface area contributed by atoms with Crippen LogP contribution in [0, 0.1) is 0 Å². The third-order valence-corrected chi connectivity index (χ3v) is 8.89. The van der Waals surface area contributed by atoms with E-state index in [2.05, 4.69) is 38.9 Å². The fourth-order valence-electron chi connectivity index (χ4n) is 5.36. The molecule has 3 aromatic carbocycles. The predicted octanol–water partition coefficient (Wildman–Crippen LogP) is 4.48. The first-order valence-corrected chi connectivity index (χ1v) is 14.0. The van der Waals surface area contributed by atoms with E-state index in [0.29, 0.717) is 29.9 Å². The van der Waals surface area contributed by atoms with E-state index >= 15 is 0 Å². The highest BCUT2D eigenvalue weighted by Crippen LogP contribution is 2.51. The van der Waals surface area contributed by atoms with Crippen LogP contribution < -0.4 is 4.72 Å². The number of sulfonamides is 1. The number of fused-ring (bicyclic) bond motifs is 1. The van der Waals surface area contributed by atoms with Crippen molar-refractivity contribution >= 4 is 32.5 Å². The Morgan fingerprint density at radius 3 is 2.22 bits per heavy atom. The molecule has 2 heterocycles. The van der Waals surface area contributed by atoms with E-state index in [-0.39, 0.29) is 16.3 Å². The summed E-state index contributed by atoms with van der Waals surface area (Å²) in [4.78, 5) is 21.9. The van der Waals surface area contributed by atoms with Crippen LogP contribution in [0.25, 0.3) is 10.9 Å². The maximum atomic E-state index is 13.2. The summed E-state index contributed by atoms with van der Waals surface area (Å²) in [6, 6.07) is 25.9. The molecule has 1 aliphatic heterocycles. The molecular formula is C29H28N4O3S. The number of pyridine rings is 1. The van der Waals surface area contributed by atoms with Crippen LogP contribution in [0.15, 0.2) is 96.0 Å². The summed E-state index contributed by atoms with van der Waals surface area (Å²) in [6.07, 6.45) is 3.90. The number of aromatic nitrogens is 1. The quantitative estimate of drug-likeness (QED) is 0.412. The first kappa shape index (κ1) is 23.6. The van der Waals surface area contributed by atoms with Gasteiger partial charge in [0.25, 0.3) is 15.9 Å². The van der Waals surface area contributed by atoms with Gasteiger partial charge < -0.3 is 4.90 Å². The first-order chi connectivity index (χ1) is 18.0. The second kappa shape index (κ2) is 9.28. The number of amides is 1. The molecule has 1 saturated heterocycles. The van der Waals surface area contributed by atoms with Crippen LogP contribution in [-0.2, 0) is 15.6 Å². The van der Waals surface area contributed by atoms with Gasteiger partial charge >= 0.3 is 0 Å². The zero-order chi connectivity index (χ0) is 25.5. The summed E-state index contributed by atoms with van der Waals surface area (Å²) >= 11 is 0. The van der Waals surface area contributed by atoms with Crippen molar-refractivity contribution in [2.24, 2.45) is 0 Å². The van der Waals surface area contributed by atoms with Gasteiger partial charge in [-0.15, -0.1) is 0 Å². The lowest BCUT2D eigenvalue weighted by Crippen LogP contribution is -2.52. The molecule has 2 aliphatic rings. The molecule has 188 valence electrons. The topological polar surface area (TPSA) is 82.6 Å². The van der Waals surface area contributed by atoms with Crippen molar-refractivity contribution in [2.75, 3.05) is 30.9 Å². The summed E-state index contributed by atoms with van der Waals surface area (Å²) < 4.78 is 28.8. The largest absolute Gasteiger partial charge is 0.336 e. The second-order valence-corrected chi connectivity index (χ2v) is 11.3. The Morgan fingerprint density at radius 1 is 0.811 bits per heavy atom. The summed E-state index contributed by atoms with van der Waals surface area (Å²) in [7, 11) is -3.84. The fourth-order valence-corrected chi connectivity index (χ4v) is 6.60. The number of nitrogens with zero attached hydrogens (tertiary/aromatic N) is 3. The minimum Gasteiger partial charge on any atom is -0.336 e. The molecule has 1 saturated carbocycles. The van der Waals surface area contributed by atoms with Crippen molar-refractivity contribution < 1.29 is 13.2 Å². The lowest BCUT2D eigenvalue weighted by molar-refractivity contribution is 0.0531. The Labute approximate surface area is 216 Å². The Kier molecular flexibility index (Phi) is 5.93. The smallest absolute Gasteiger partial charge is 0.264 e. The number of piperazine rings is 1. The van der Waals surface area contributed by atoms with Gasteiger partial charge in [0, 0.05) is 54.6 Å². The van der Waals surface area contributed by atoms with Crippen LogP contribution in [0.2, 0.25) is 0 Å². The molecular weight excluding hydrogens is 484 g/mol. The lowest BCUT2D eigenvalue weighted by Gasteiger charge is -2.40. The number of hydrogen-bond acceptors (Lipinski definition) is 5. The molecule has 8 heteroatoms. The number of rotatable bonds is 6. The number of hydrogen-bond donors (Lipinski definition) is 1. The zero-order valence-electron chi connectivity index (χ0n) is 20.4. The maximum absolute atomic E-state index is 13.2. The number of anilines is 1. The van der Waals surface area contributed by atoms with Crippen LogP contribution in [0.3, 0.4) is 0 Å². The molecule has 1 aliphatic carbocycles. The minimum absolute atomic E-state index is 0.0307. The Bertz CT molecular complexity index is 1540. The van der Waals surface area contributed by atoms with E-state index in [1.807, 2.05) is 23.1 Å². The van der Waals surface area contributed by atoms with E-state index < -0.39 is 10.0 Å². The fraction of sp³-hybridized carbons (Fsp3) is 0.241. The third kappa shape index (κ3) is 4.47. The number of benzene rings is 3. The molecule has 4 aromatic rings. The highest BCUT2D eigenvalue weighted by Gasteiger charge is 2.49. The Balaban J connectivity index is 1.11. The molecule has 6 rings (SSSR count). The molecule has 0 radical (unpaired) electrons. The van der Waals surface area contributed by atoms with Gasteiger partial charge in [-0.1, -0.05) is 48.5 Å². The molecule has 1 amide bonds. The highest BCUT2D eigenvalue weighted by atomic mass is 32.2. The summed E-state index contributed by atoms with van der Waals surface area (Å²) in [5, 5.41) is 0.753. The van der Waals surface area contributed by atoms with E-state index in [1.54, 1.807) is 48.7 Å². The van der Waals surface area contributed by atoms with E-state index in [0.717, 1.165) is 31.3 Å². The van der Waals surface area contributed by atoms with Crippen molar-refractivity contribution in [2.45, 2.75) is 23.3 Å². The van der Waals surface area contributed by atoms with Gasteiger partial charge in [-0.25, -0.2) is 8.42 Å². The van der Waals surface area contributed by atoms with Crippen LogP contribution in [0.4, 0.5) is 5.69 Å². The summed E-state index contributed by atoms with van der Waals surface area (Å²) in [5.74, 6) is -0.0307. The average Bonchev–Trinajstić information content (AvgIpc) is 3.75. The molecule has 0 spiro atoms. The van der Waals surface area contributed by atoms with Crippen LogP contribution >= 0.6 is 0 Å². The van der Waals surface area contributed by atoms with Gasteiger partial charge in [-0.05, 0) is 54.8 Å².